The number of carboxylic acid groups (broad SMARTS) is 1. The summed E-state index contributed by atoms with van der Waals surface area (Å²) in [6.07, 6.45) is 0. The molecule has 2 N–H and O–H groups in total. The molecule has 0 saturated heterocycles. The maximum atomic E-state index is 12.2. The predicted molar refractivity (Wildman–Crippen MR) is 91.1 cm³/mol. The van der Waals surface area contributed by atoms with E-state index in [-0.39, 0.29) is 21.3 Å². The highest BCUT2D eigenvalue weighted by Gasteiger charge is 2.21. The smallest absolute Gasteiger partial charge is 0.339 e. The molecule has 0 unspecified atom stereocenters. The van der Waals surface area contributed by atoms with Crippen molar-refractivity contribution in [3.63, 3.8) is 0 Å². The van der Waals surface area contributed by atoms with Crippen LogP contribution in [-0.4, -0.2) is 17.0 Å². The van der Waals surface area contributed by atoms with Crippen molar-refractivity contribution in [3.05, 3.63) is 46.9 Å². The molecule has 0 bridgehead atoms. The molecule has 9 heteroatoms. The number of aromatic carboxylic acids is 1. The fourth-order valence-corrected chi connectivity index (χ4v) is 4.80. The third kappa shape index (κ3) is 3.60. The third-order valence-corrected chi connectivity index (χ3v) is 5.43. The molecule has 0 atom stereocenters. The van der Waals surface area contributed by atoms with Gasteiger partial charge in [-0.15, -0.1) is 11.3 Å². The van der Waals surface area contributed by atoms with E-state index in [0.29, 0.717) is 9.35 Å². The molecule has 0 aliphatic rings. The van der Waals surface area contributed by atoms with E-state index in [1.807, 2.05) is 0 Å². The van der Waals surface area contributed by atoms with Crippen LogP contribution in [0.3, 0.4) is 0 Å². The lowest BCUT2D eigenvalue weighted by molar-refractivity contribution is 0.0698. The molecule has 0 fully saturated rings. The van der Waals surface area contributed by atoms with E-state index in [9.17, 15) is 14.7 Å². The molecule has 110 valence electrons. The van der Waals surface area contributed by atoms with Gasteiger partial charge in [0.25, 0.3) is 5.91 Å². The molecule has 1 heterocycles. The van der Waals surface area contributed by atoms with E-state index < -0.39 is 11.9 Å². The Morgan fingerprint density at radius 2 is 1.81 bits per heavy atom. The number of hydrogen-bond acceptors (Lipinski definition) is 3. The molecule has 0 aliphatic heterocycles. The molecular weight excluding hydrogens is 469 g/mol. The second-order valence-electron chi connectivity index (χ2n) is 3.78. The maximum absolute atomic E-state index is 12.2. The average Bonchev–Trinajstić information content (AvgIpc) is 2.72. The zero-order chi connectivity index (χ0) is 15.7. The van der Waals surface area contributed by atoms with Crippen LogP contribution < -0.4 is 5.32 Å². The summed E-state index contributed by atoms with van der Waals surface area (Å²) in [5.74, 6) is -1.76. The van der Waals surface area contributed by atoms with Crippen LogP contribution in [0.25, 0.3) is 0 Å². The Bertz CT molecular complexity index is 748. The van der Waals surface area contributed by atoms with Gasteiger partial charge in [0.15, 0.2) is 0 Å². The minimum atomic E-state index is -1.27. The van der Waals surface area contributed by atoms with Gasteiger partial charge in [-0.1, -0.05) is 23.2 Å². The van der Waals surface area contributed by atoms with Crippen molar-refractivity contribution >= 4 is 84.0 Å². The summed E-state index contributed by atoms with van der Waals surface area (Å²) in [5.41, 5.74) is 0.0816. The second kappa shape index (κ2) is 6.66. The summed E-state index contributed by atoms with van der Waals surface area (Å²) in [6.45, 7) is 0. The molecule has 2 aromatic rings. The van der Waals surface area contributed by atoms with Crippen LogP contribution in [0.4, 0.5) is 5.69 Å². The molecule has 1 amide bonds. The first-order valence-electron chi connectivity index (χ1n) is 5.28. The van der Waals surface area contributed by atoms with Gasteiger partial charge in [-0.05, 0) is 50.1 Å². The van der Waals surface area contributed by atoms with Crippen molar-refractivity contribution in [3.8, 4) is 0 Å². The van der Waals surface area contributed by atoms with E-state index in [2.05, 4.69) is 37.2 Å². The molecule has 0 radical (unpaired) electrons. The Kier molecular flexibility index (Phi) is 5.32. The van der Waals surface area contributed by atoms with Crippen molar-refractivity contribution in [2.75, 3.05) is 5.32 Å². The fraction of sp³-hybridized carbons (Fsp3) is 0. The number of halogens is 4. The fourth-order valence-electron chi connectivity index (χ4n) is 1.56. The third-order valence-electron chi connectivity index (χ3n) is 2.46. The Hall–Kier alpha value is -0.600. The van der Waals surface area contributed by atoms with Gasteiger partial charge in [0.1, 0.15) is 5.56 Å². The first-order chi connectivity index (χ1) is 9.81. The minimum absolute atomic E-state index is 0.00670. The van der Waals surface area contributed by atoms with Crippen molar-refractivity contribution < 1.29 is 14.7 Å². The highest BCUT2D eigenvalue weighted by atomic mass is 79.9. The number of rotatable bonds is 3. The van der Waals surface area contributed by atoms with E-state index in [0.717, 1.165) is 3.79 Å². The monoisotopic (exact) mass is 471 g/mol. The molecule has 1 aromatic heterocycles. The maximum Gasteiger partial charge on any atom is 0.339 e. The lowest BCUT2D eigenvalue weighted by Gasteiger charge is -2.11. The number of anilines is 1. The number of nitrogens with one attached hydrogen (secondary N) is 1. The zero-order valence-corrected chi connectivity index (χ0v) is 15.4. The van der Waals surface area contributed by atoms with Crippen LogP contribution in [0.2, 0.25) is 10.0 Å². The van der Waals surface area contributed by atoms with Gasteiger partial charge >= 0.3 is 5.97 Å². The number of carboxylic acids is 1. The quantitative estimate of drug-likeness (QED) is 0.616. The van der Waals surface area contributed by atoms with E-state index >= 15 is 0 Å². The molecule has 4 nitrogen and oxygen atoms in total. The van der Waals surface area contributed by atoms with Gasteiger partial charge in [0, 0.05) is 0 Å². The minimum Gasteiger partial charge on any atom is -0.478 e. The average molecular weight is 474 g/mol. The van der Waals surface area contributed by atoms with E-state index in [4.69, 9.17) is 23.2 Å². The van der Waals surface area contributed by atoms with E-state index in [1.165, 1.54) is 23.5 Å². The topological polar surface area (TPSA) is 66.4 Å². The van der Waals surface area contributed by atoms with Crippen LogP contribution >= 0.6 is 66.4 Å². The Morgan fingerprint density at radius 1 is 1.19 bits per heavy atom. The van der Waals surface area contributed by atoms with Crippen LogP contribution in [-0.2, 0) is 0 Å². The standard InChI is InChI=1S/C12H5Br2Cl2NO3S/c13-7-3-4(10(14)21-7)11(18)17-9-6(16)2-1-5(15)8(9)12(19)20/h1-3H,(H,17,18)(H,19,20). The SMILES string of the molecule is O=C(Nc1c(Cl)ccc(Cl)c1C(=O)O)c1cc(Br)sc1Br. The van der Waals surface area contributed by atoms with Crippen LogP contribution in [0.15, 0.2) is 25.8 Å². The number of carbonyl (C=O) groups excluding carboxylic acids is 1. The normalized spacial score (nSPS) is 10.5. The van der Waals surface area contributed by atoms with Gasteiger partial charge in [-0.3, -0.25) is 4.79 Å². The van der Waals surface area contributed by atoms with Crippen molar-refractivity contribution in [1.29, 1.82) is 0 Å². The largest absolute Gasteiger partial charge is 0.478 e. The molecule has 0 spiro atoms. The highest BCUT2D eigenvalue weighted by molar-refractivity contribution is 9.12. The summed E-state index contributed by atoms with van der Waals surface area (Å²) in [4.78, 5) is 23.5. The Balaban J connectivity index is 2.44. The molecule has 2 rings (SSSR count). The summed E-state index contributed by atoms with van der Waals surface area (Å²) in [7, 11) is 0. The lowest BCUT2D eigenvalue weighted by Crippen LogP contribution is -2.15. The van der Waals surface area contributed by atoms with Crippen LogP contribution in [0.5, 0.6) is 0 Å². The van der Waals surface area contributed by atoms with Crippen molar-refractivity contribution in [1.82, 2.24) is 0 Å². The first-order valence-corrected chi connectivity index (χ1v) is 8.44. The molecular formula is C12H5Br2Cl2NO3S. The molecule has 1 aromatic carbocycles. The summed E-state index contributed by atoms with van der Waals surface area (Å²) in [5, 5.41) is 11.8. The molecule has 0 saturated carbocycles. The van der Waals surface area contributed by atoms with Crippen LogP contribution in [0.1, 0.15) is 20.7 Å². The van der Waals surface area contributed by atoms with Crippen molar-refractivity contribution in [2.24, 2.45) is 0 Å². The van der Waals surface area contributed by atoms with Crippen molar-refractivity contribution in [2.45, 2.75) is 0 Å². The highest BCUT2D eigenvalue weighted by Crippen LogP contribution is 2.35. The summed E-state index contributed by atoms with van der Waals surface area (Å²) < 4.78 is 1.37. The van der Waals surface area contributed by atoms with Gasteiger partial charge in [-0.2, -0.15) is 0 Å². The molecule has 0 aliphatic carbocycles. The second-order valence-corrected chi connectivity index (χ2v) is 8.34. The van der Waals surface area contributed by atoms with Gasteiger partial charge in [0.2, 0.25) is 0 Å². The zero-order valence-electron chi connectivity index (χ0n) is 9.92. The Labute approximate surface area is 150 Å². The summed E-state index contributed by atoms with van der Waals surface area (Å²) >= 11 is 19.7. The van der Waals surface area contributed by atoms with Gasteiger partial charge in [-0.25, -0.2) is 4.79 Å². The van der Waals surface area contributed by atoms with E-state index in [1.54, 1.807) is 6.07 Å². The lowest BCUT2D eigenvalue weighted by atomic mass is 10.1. The van der Waals surface area contributed by atoms with Gasteiger partial charge < -0.3 is 10.4 Å². The number of thiophene rings is 1. The summed E-state index contributed by atoms with van der Waals surface area (Å²) in [6, 6.07) is 4.40. The number of carbonyl (C=O) groups is 2. The predicted octanol–water partition coefficient (Wildman–Crippen LogP) is 5.53. The Morgan fingerprint density at radius 3 is 2.33 bits per heavy atom. The first kappa shape index (κ1) is 16.8. The number of hydrogen-bond donors (Lipinski definition) is 2. The molecule has 21 heavy (non-hydrogen) atoms. The number of amides is 1. The number of benzene rings is 1. The van der Waals surface area contributed by atoms with Crippen LogP contribution in [0, 0.1) is 0 Å². The van der Waals surface area contributed by atoms with Gasteiger partial charge in [0.05, 0.1) is 28.9 Å².